The molecule has 0 radical (unpaired) electrons. The molecule has 0 aliphatic carbocycles. The summed E-state index contributed by atoms with van der Waals surface area (Å²) in [6, 6.07) is -0.808. The number of H-pyrrole nitrogens is 1. The van der Waals surface area contributed by atoms with Crippen molar-refractivity contribution in [2.45, 2.75) is 32.2 Å². The van der Waals surface area contributed by atoms with E-state index in [1.165, 1.54) is 16.7 Å². The number of aromatic amines is 1. The number of hydrogen-bond donors (Lipinski definition) is 2. The van der Waals surface area contributed by atoms with Crippen molar-refractivity contribution in [2.24, 2.45) is 0 Å². The Balaban J connectivity index is 2.21. The molecular weight excluding hydrogens is 280 g/mol. The van der Waals surface area contributed by atoms with Crippen LogP contribution in [0.25, 0.3) is 0 Å². The highest BCUT2D eigenvalue weighted by molar-refractivity contribution is 7.99. The smallest absolute Gasteiger partial charge is 0.327 e. The lowest BCUT2D eigenvalue weighted by Crippen LogP contribution is -2.50. The molecule has 0 bridgehead atoms. The maximum Gasteiger partial charge on any atom is 0.327 e. The summed E-state index contributed by atoms with van der Waals surface area (Å²) in [5, 5.41) is 15.9. The average Bonchev–Trinajstić information content (AvgIpc) is 2.87. The van der Waals surface area contributed by atoms with Gasteiger partial charge in [0, 0.05) is 23.5 Å². The Kier molecular flexibility index (Phi) is 4.03. The molecule has 1 aromatic heterocycles. The number of nitrogens with zero attached hydrogens (tertiary/aromatic N) is 3. The molecule has 2 heterocycles. The summed E-state index contributed by atoms with van der Waals surface area (Å²) in [6.45, 7) is 6.28. The van der Waals surface area contributed by atoms with Gasteiger partial charge in [-0.2, -0.15) is 11.8 Å². The quantitative estimate of drug-likeness (QED) is 0.835. The normalized spacial score (nSPS) is 19.9. The summed E-state index contributed by atoms with van der Waals surface area (Å²) in [4.78, 5) is 29.1. The fourth-order valence-electron chi connectivity index (χ4n) is 1.87. The van der Waals surface area contributed by atoms with Gasteiger partial charge in [0.05, 0.1) is 0 Å². The fraction of sp³-hybridized carbons (Fsp3) is 0.667. The number of aliphatic carboxylic acids is 1. The minimum atomic E-state index is -0.989. The molecule has 2 rings (SSSR count). The van der Waals surface area contributed by atoms with Crippen molar-refractivity contribution in [1.29, 1.82) is 0 Å². The minimum absolute atomic E-state index is 0.0353. The molecule has 1 aliphatic rings. The molecule has 110 valence electrons. The van der Waals surface area contributed by atoms with E-state index in [9.17, 15) is 14.7 Å². The molecule has 1 saturated heterocycles. The highest BCUT2D eigenvalue weighted by atomic mass is 32.2. The van der Waals surface area contributed by atoms with Gasteiger partial charge >= 0.3 is 5.97 Å². The van der Waals surface area contributed by atoms with E-state index < -0.39 is 17.9 Å². The Labute approximate surface area is 121 Å². The van der Waals surface area contributed by atoms with Crippen molar-refractivity contribution in [2.75, 3.05) is 18.1 Å². The van der Waals surface area contributed by atoms with E-state index in [0.717, 1.165) is 5.75 Å². The standard InChI is InChI=1S/C12H18N4O3S/c1-12(2,3)11-13-8(14-15-11)9(17)16-4-5-20-6-7(16)10(18)19/h7H,4-6H2,1-3H3,(H,18,19)(H,13,14,15). The van der Waals surface area contributed by atoms with Crippen LogP contribution in [-0.4, -0.2) is 61.2 Å². The van der Waals surface area contributed by atoms with Gasteiger partial charge in [-0.25, -0.2) is 9.78 Å². The predicted octanol–water partition coefficient (Wildman–Crippen LogP) is 0.744. The maximum absolute atomic E-state index is 12.4. The highest BCUT2D eigenvalue weighted by Gasteiger charge is 2.35. The van der Waals surface area contributed by atoms with E-state index in [0.29, 0.717) is 18.1 Å². The van der Waals surface area contributed by atoms with Gasteiger partial charge in [0.1, 0.15) is 11.9 Å². The van der Waals surface area contributed by atoms with Gasteiger partial charge in [-0.1, -0.05) is 20.8 Å². The highest BCUT2D eigenvalue weighted by Crippen LogP contribution is 2.20. The number of rotatable bonds is 2. The summed E-state index contributed by atoms with van der Waals surface area (Å²) in [6.07, 6.45) is 0. The van der Waals surface area contributed by atoms with Crippen LogP contribution in [-0.2, 0) is 10.2 Å². The molecule has 1 amide bonds. The van der Waals surface area contributed by atoms with E-state index in [4.69, 9.17) is 0 Å². The summed E-state index contributed by atoms with van der Waals surface area (Å²) in [5.74, 6) is 0.359. The van der Waals surface area contributed by atoms with Crippen molar-refractivity contribution in [3.8, 4) is 0 Å². The van der Waals surface area contributed by atoms with E-state index in [-0.39, 0.29) is 11.2 Å². The first-order valence-electron chi connectivity index (χ1n) is 6.35. The number of carbonyl (C=O) groups excluding carboxylic acids is 1. The zero-order valence-electron chi connectivity index (χ0n) is 11.7. The van der Waals surface area contributed by atoms with Crippen LogP contribution in [0.15, 0.2) is 0 Å². The Bertz CT molecular complexity index is 523. The Morgan fingerprint density at radius 2 is 2.15 bits per heavy atom. The lowest BCUT2D eigenvalue weighted by Gasteiger charge is -2.31. The van der Waals surface area contributed by atoms with E-state index >= 15 is 0 Å². The van der Waals surface area contributed by atoms with Gasteiger partial charge in [0.25, 0.3) is 5.91 Å². The SMILES string of the molecule is CC(C)(C)c1nc(C(=O)N2CCSCC2C(=O)O)n[nH]1. The second-order valence-electron chi connectivity index (χ2n) is 5.69. The second kappa shape index (κ2) is 5.43. The van der Waals surface area contributed by atoms with Crippen molar-refractivity contribution in [1.82, 2.24) is 20.1 Å². The van der Waals surface area contributed by atoms with Crippen LogP contribution in [0.5, 0.6) is 0 Å². The summed E-state index contributed by atoms with van der Waals surface area (Å²) in [7, 11) is 0. The van der Waals surface area contributed by atoms with Crippen LogP contribution in [0, 0.1) is 0 Å². The van der Waals surface area contributed by atoms with E-state index in [2.05, 4.69) is 15.2 Å². The number of amides is 1. The Morgan fingerprint density at radius 1 is 1.45 bits per heavy atom. The van der Waals surface area contributed by atoms with Gasteiger partial charge in [0.15, 0.2) is 0 Å². The van der Waals surface area contributed by atoms with Crippen molar-refractivity contribution < 1.29 is 14.7 Å². The molecule has 0 aromatic carbocycles. The number of nitrogens with one attached hydrogen (secondary N) is 1. The average molecular weight is 298 g/mol. The first kappa shape index (κ1) is 14.8. The molecule has 20 heavy (non-hydrogen) atoms. The Hall–Kier alpha value is -1.57. The van der Waals surface area contributed by atoms with Crippen LogP contribution in [0.2, 0.25) is 0 Å². The first-order valence-corrected chi connectivity index (χ1v) is 7.50. The number of carbonyl (C=O) groups is 2. The molecule has 0 saturated carbocycles. The van der Waals surface area contributed by atoms with Gasteiger partial charge in [-0.05, 0) is 0 Å². The minimum Gasteiger partial charge on any atom is -0.480 e. The van der Waals surface area contributed by atoms with Gasteiger partial charge in [-0.3, -0.25) is 9.89 Å². The number of carboxylic acid groups (broad SMARTS) is 1. The molecule has 1 fully saturated rings. The number of aromatic nitrogens is 3. The van der Waals surface area contributed by atoms with Crippen LogP contribution in [0.4, 0.5) is 0 Å². The largest absolute Gasteiger partial charge is 0.480 e. The molecule has 1 atom stereocenters. The van der Waals surface area contributed by atoms with E-state index in [1.807, 2.05) is 20.8 Å². The number of carboxylic acids is 1. The number of hydrogen-bond acceptors (Lipinski definition) is 5. The summed E-state index contributed by atoms with van der Waals surface area (Å²) < 4.78 is 0. The molecule has 1 aromatic rings. The van der Waals surface area contributed by atoms with Crippen molar-refractivity contribution in [3.05, 3.63) is 11.6 Å². The van der Waals surface area contributed by atoms with Crippen LogP contribution >= 0.6 is 11.8 Å². The zero-order chi connectivity index (χ0) is 14.9. The molecule has 7 nitrogen and oxygen atoms in total. The van der Waals surface area contributed by atoms with Crippen LogP contribution in [0.3, 0.4) is 0 Å². The lowest BCUT2D eigenvalue weighted by molar-refractivity contribution is -0.141. The van der Waals surface area contributed by atoms with Gasteiger partial charge < -0.3 is 10.0 Å². The van der Waals surface area contributed by atoms with Crippen LogP contribution in [0.1, 0.15) is 37.2 Å². The Morgan fingerprint density at radius 3 is 2.70 bits per heavy atom. The third-order valence-corrected chi connectivity index (χ3v) is 4.08. The summed E-state index contributed by atoms with van der Waals surface area (Å²) in [5.41, 5.74) is -0.241. The summed E-state index contributed by atoms with van der Waals surface area (Å²) >= 11 is 1.53. The molecule has 2 N–H and O–H groups in total. The van der Waals surface area contributed by atoms with E-state index in [1.54, 1.807) is 0 Å². The number of thioether (sulfide) groups is 1. The first-order chi connectivity index (χ1) is 9.30. The van der Waals surface area contributed by atoms with Crippen LogP contribution < -0.4 is 0 Å². The molecular formula is C12H18N4O3S. The van der Waals surface area contributed by atoms with Crippen molar-refractivity contribution in [3.63, 3.8) is 0 Å². The molecule has 1 unspecified atom stereocenters. The molecule has 8 heteroatoms. The molecule has 1 aliphatic heterocycles. The second-order valence-corrected chi connectivity index (χ2v) is 6.83. The monoisotopic (exact) mass is 298 g/mol. The topological polar surface area (TPSA) is 99.2 Å². The third-order valence-electron chi connectivity index (χ3n) is 3.06. The van der Waals surface area contributed by atoms with Gasteiger partial charge in [-0.15, -0.1) is 5.10 Å². The lowest BCUT2D eigenvalue weighted by atomic mass is 9.96. The maximum atomic E-state index is 12.4. The van der Waals surface area contributed by atoms with Crippen molar-refractivity contribution >= 4 is 23.6 Å². The van der Waals surface area contributed by atoms with Gasteiger partial charge in [0.2, 0.25) is 5.82 Å². The zero-order valence-corrected chi connectivity index (χ0v) is 12.5. The molecule has 0 spiro atoms. The third kappa shape index (κ3) is 2.95. The predicted molar refractivity (Wildman–Crippen MR) is 74.9 cm³/mol. The fourth-order valence-corrected chi connectivity index (χ4v) is 2.91.